The van der Waals surface area contributed by atoms with Crippen molar-refractivity contribution in [3.63, 3.8) is 0 Å². The van der Waals surface area contributed by atoms with Crippen molar-refractivity contribution in [2.75, 3.05) is 17.5 Å². The molecule has 0 aliphatic carbocycles. The lowest BCUT2D eigenvalue weighted by Gasteiger charge is -2.34. The number of hydrogen-bond acceptors (Lipinski definition) is 5. The Morgan fingerprint density at radius 1 is 0.826 bits per heavy atom. The van der Waals surface area contributed by atoms with Crippen molar-refractivity contribution >= 4 is 27.5 Å². The maximum absolute atomic E-state index is 14.5. The number of amides is 2. The van der Waals surface area contributed by atoms with E-state index in [4.69, 9.17) is 4.74 Å². The van der Waals surface area contributed by atoms with Crippen LogP contribution in [-0.2, 0) is 32.6 Å². The number of hydrogen-bond donors (Lipinski definition) is 1. The van der Waals surface area contributed by atoms with Crippen molar-refractivity contribution in [2.45, 2.75) is 57.1 Å². The van der Waals surface area contributed by atoms with Gasteiger partial charge in [-0.05, 0) is 79.9 Å². The molecule has 46 heavy (non-hydrogen) atoms. The quantitative estimate of drug-likeness (QED) is 0.172. The average Bonchev–Trinajstić information content (AvgIpc) is 3.07. The smallest absolute Gasteiger partial charge is 0.264 e. The summed E-state index contributed by atoms with van der Waals surface area (Å²) >= 11 is 0. The van der Waals surface area contributed by atoms with Gasteiger partial charge in [-0.15, -0.1) is 0 Å². The molecule has 0 spiro atoms. The Balaban J connectivity index is 1.79. The highest BCUT2D eigenvalue weighted by atomic mass is 32.2. The molecule has 242 valence electrons. The van der Waals surface area contributed by atoms with E-state index in [9.17, 15) is 22.4 Å². The number of nitrogens with one attached hydrogen (secondary N) is 1. The third-order valence-electron chi connectivity index (χ3n) is 7.58. The van der Waals surface area contributed by atoms with E-state index in [2.05, 4.69) is 5.32 Å². The fourth-order valence-corrected chi connectivity index (χ4v) is 6.34. The van der Waals surface area contributed by atoms with Gasteiger partial charge in [-0.2, -0.15) is 0 Å². The summed E-state index contributed by atoms with van der Waals surface area (Å²) in [6.07, 6.45) is 0.862. The molecule has 0 aliphatic heterocycles. The Bertz CT molecular complexity index is 1670. The number of sulfonamides is 1. The number of nitrogens with zero attached hydrogens (tertiary/aromatic N) is 2. The summed E-state index contributed by atoms with van der Waals surface area (Å²) in [7, 11) is -4.22. The van der Waals surface area contributed by atoms with Crippen LogP contribution in [0.4, 0.5) is 10.1 Å². The minimum Gasteiger partial charge on any atom is -0.494 e. The predicted molar refractivity (Wildman–Crippen MR) is 177 cm³/mol. The van der Waals surface area contributed by atoms with Gasteiger partial charge in [-0.25, -0.2) is 12.8 Å². The summed E-state index contributed by atoms with van der Waals surface area (Å²) in [6.45, 7) is 5.47. The van der Waals surface area contributed by atoms with Crippen LogP contribution >= 0.6 is 0 Å². The van der Waals surface area contributed by atoms with Gasteiger partial charge in [-0.3, -0.25) is 13.9 Å². The van der Waals surface area contributed by atoms with Crippen molar-refractivity contribution in [3.05, 3.63) is 126 Å². The second kappa shape index (κ2) is 16.0. The summed E-state index contributed by atoms with van der Waals surface area (Å²) in [5, 5.41) is 3.00. The van der Waals surface area contributed by atoms with Crippen molar-refractivity contribution < 1.29 is 27.1 Å². The van der Waals surface area contributed by atoms with E-state index in [1.54, 1.807) is 54.6 Å². The third kappa shape index (κ3) is 8.94. The van der Waals surface area contributed by atoms with Gasteiger partial charge >= 0.3 is 0 Å². The Hall–Kier alpha value is -4.70. The molecule has 4 aromatic rings. The molecule has 8 nitrogen and oxygen atoms in total. The highest BCUT2D eigenvalue weighted by Crippen LogP contribution is 2.27. The van der Waals surface area contributed by atoms with E-state index < -0.39 is 34.3 Å². The maximum Gasteiger partial charge on any atom is 0.264 e. The Labute approximate surface area is 270 Å². The van der Waals surface area contributed by atoms with Gasteiger partial charge in [-0.1, -0.05) is 67.6 Å². The number of anilines is 1. The fraction of sp³-hybridized carbons (Fsp3) is 0.278. The molecule has 0 unspecified atom stereocenters. The van der Waals surface area contributed by atoms with E-state index in [-0.39, 0.29) is 35.5 Å². The molecule has 4 aromatic carbocycles. The molecule has 0 saturated heterocycles. The molecule has 0 fully saturated rings. The standard InChI is InChI=1S/C36H40FN3O5S/c1-4-27(3)38-36(42)34(24-28-12-8-6-9-13-28)39(25-29-16-18-30(37)19-17-29)35(41)26-40(31-20-22-32(23-21-31)45-5-2)46(43,44)33-14-10-7-11-15-33/h6-23,27,34H,4-5,24-26H2,1-3H3,(H,38,42)/t27-,34-/m0/s1. The predicted octanol–water partition coefficient (Wildman–Crippen LogP) is 5.97. The van der Waals surface area contributed by atoms with Crippen molar-refractivity contribution in [1.29, 1.82) is 0 Å². The first kappa shape index (κ1) is 34.2. The number of benzene rings is 4. The number of carbonyl (C=O) groups is 2. The Morgan fingerprint density at radius 3 is 2.02 bits per heavy atom. The molecule has 0 radical (unpaired) electrons. The first-order valence-electron chi connectivity index (χ1n) is 15.3. The molecule has 0 aromatic heterocycles. The van der Waals surface area contributed by atoms with E-state index in [1.165, 1.54) is 29.2 Å². The second-order valence-electron chi connectivity index (χ2n) is 10.9. The van der Waals surface area contributed by atoms with Crippen LogP contribution in [0.15, 0.2) is 114 Å². The lowest BCUT2D eigenvalue weighted by Crippen LogP contribution is -2.54. The third-order valence-corrected chi connectivity index (χ3v) is 9.37. The summed E-state index contributed by atoms with van der Waals surface area (Å²) in [5.41, 5.74) is 1.66. The molecule has 1 N–H and O–H groups in total. The van der Waals surface area contributed by atoms with Crippen molar-refractivity contribution in [3.8, 4) is 5.75 Å². The van der Waals surface area contributed by atoms with E-state index in [0.717, 1.165) is 9.87 Å². The fourth-order valence-electron chi connectivity index (χ4n) is 4.91. The van der Waals surface area contributed by atoms with Crippen LogP contribution in [0, 0.1) is 5.82 Å². The molecule has 0 heterocycles. The van der Waals surface area contributed by atoms with Crippen LogP contribution in [-0.4, -0.2) is 50.4 Å². The molecule has 4 rings (SSSR count). The average molecular weight is 646 g/mol. The van der Waals surface area contributed by atoms with Crippen LogP contribution in [0.3, 0.4) is 0 Å². The highest BCUT2D eigenvalue weighted by Gasteiger charge is 2.35. The first-order chi connectivity index (χ1) is 22.1. The largest absolute Gasteiger partial charge is 0.494 e. The van der Waals surface area contributed by atoms with E-state index >= 15 is 0 Å². The molecule has 2 amide bonds. The molecule has 0 saturated carbocycles. The van der Waals surface area contributed by atoms with Gasteiger partial charge in [0.15, 0.2) is 0 Å². The summed E-state index contributed by atoms with van der Waals surface area (Å²) in [6, 6.07) is 28.2. The van der Waals surface area contributed by atoms with Gasteiger partial charge in [0.25, 0.3) is 10.0 Å². The van der Waals surface area contributed by atoms with Crippen LogP contribution in [0.2, 0.25) is 0 Å². The summed E-state index contributed by atoms with van der Waals surface area (Å²) in [4.78, 5) is 29.7. The number of ether oxygens (including phenoxy) is 1. The molecule has 0 aliphatic rings. The SMILES string of the molecule is CCOc1ccc(N(CC(=O)N(Cc2ccc(F)cc2)[C@@H](Cc2ccccc2)C(=O)N[C@@H](C)CC)S(=O)(=O)c2ccccc2)cc1. The highest BCUT2D eigenvalue weighted by molar-refractivity contribution is 7.92. The lowest BCUT2D eigenvalue weighted by molar-refractivity contribution is -0.140. The molecule has 2 atom stereocenters. The van der Waals surface area contributed by atoms with Crippen molar-refractivity contribution in [2.24, 2.45) is 0 Å². The molecular formula is C36H40FN3O5S. The number of rotatable bonds is 15. The minimum atomic E-state index is -4.22. The van der Waals surface area contributed by atoms with Gasteiger partial charge in [0.1, 0.15) is 24.2 Å². The maximum atomic E-state index is 14.5. The number of carbonyl (C=O) groups excluding carboxylic acids is 2. The zero-order valence-corrected chi connectivity index (χ0v) is 27.1. The Morgan fingerprint density at radius 2 is 1.43 bits per heavy atom. The normalized spacial score (nSPS) is 12.5. The molecular weight excluding hydrogens is 605 g/mol. The number of halogens is 1. The van der Waals surface area contributed by atoms with Crippen LogP contribution in [0.5, 0.6) is 5.75 Å². The van der Waals surface area contributed by atoms with E-state index in [1.807, 2.05) is 51.1 Å². The van der Waals surface area contributed by atoms with Gasteiger partial charge in [0.2, 0.25) is 11.8 Å². The van der Waals surface area contributed by atoms with Crippen LogP contribution in [0.1, 0.15) is 38.3 Å². The lowest BCUT2D eigenvalue weighted by atomic mass is 10.0. The van der Waals surface area contributed by atoms with Crippen molar-refractivity contribution in [1.82, 2.24) is 10.2 Å². The van der Waals surface area contributed by atoms with Crippen LogP contribution in [0.25, 0.3) is 0 Å². The first-order valence-corrected chi connectivity index (χ1v) is 16.7. The van der Waals surface area contributed by atoms with Gasteiger partial charge in [0.05, 0.1) is 17.2 Å². The molecule has 10 heteroatoms. The van der Waals surface area contributed by atoms with Gasteiger partial charge < -0.3 is 15.0 Å². The summed E-state index contributed by atoms with van der Waals surface area (Å²) < 4.78 is 48.6. The van der Waals surface area contributed by atoms with E-state index in [0.29, 0.717) is 24.3 Å². The Kier molecular flexibility index (Phi) is 11.9. The van der Waals surface area contributed by atoms with Crippen LogP contribution < -0.4 is 14.4 Å². The second-order valence-corrected chi connectivity index (χ2v) is 12.8. The summed E-state index contributed by atoms with van der Waals surface area (Å²) in [5.74, 6) is -0.852. The monoisotopic (exact) mass is 645 g/mol. The topological polar surface area (TPSA) is 96.0 Å². The zero-order chi connectivity index (χ0) is 33.1. The zero-order valence-electron chi connectivity index (χ0n) is 26.3. The van der Waals surface area contributed by atoms with Gasteiger partial charge in [0, 0.05) is 19.0 Å². The molecule has 0 bridgehead atoms. The minimum absolute atomic E-state index is 0.0112.